The quantitative estimate of drug-likeness (QED) is 0.343. The first kappa shape index (κ1) is 25.4. The Morgan fingerprint density at radius 3 is 2.32 bits per heavy atom. The van der Waals surface area contributed by atoms with Crippen molar-refractivity contribution in [1.29, 1.82) is 0 Å². The van der Waals surface area contributed by atoms with Gasteiger partial charge in [0.05, 0.1) is 38.9 Å². The van der Waals surface area contributed by atoms with Crippen molar-refractivity contribution in [2.75, 3.05) is 6.54 Å². The van der Waals surface area contributed by atoms with Gasteiger partial charge in [-0.25, -0.2) is 0 Å². The number of imide groups is 1. The molecule has 2 aromatic heterocycles. The highest BCUT2D eigenvalue weighted by molar-refractivity contribution is 7.13. The molecule has 1 aliphatic heterocycles. The zero-order valence-electron chi connectivity index (χ0n) is 20.0. The zero-order chi connectivity index (χ0) is 27.0. The summed E-state index contributed by atoms with van der Waals surface area (Å²) in [6.07, 6.45) is -3.22. The number of fused-ring (bicyclic) bond motifs is 1. The van der Waals surface area contributed by atoms with Gasteiger partial charge in [0.1, 0.15) is 0 Å². The summed E-state index contributed by atoms with van der Waals surface area (Å²) < 4.78 is 42.7. The minimum atomic E-state index is -4.61. The number of halogens is 3. The normalized spacial score (nSPS) is 14.1. The Hall–Kier alpha value is -4.25. The van der Waals surface area contributed by atoms with Crippen molar-refractivity contribution in [1.82, 2.24) is 20.0 Å². The van der Waals surface area contributed by atoms with E-state index in [9.17, 15) is 27.6 Å². The van der Waals surface area contributed by atoms with Crippen molar-refractivity contribution in [2.24, 2.45) is 7.05 Å². The topological polar surface area (TPSA) is 84.3 Å². The van der Waals surface area contributed by atoms with Crippen LogP contribution in [0.15, 0.2) is 72.2 Å². The van der Waals surface area contributed by atoms with E-state index in [-0.39, 0.29) is 29.7 Å². The summed E-state index contributed by atoms with van der Waals surface area (Å²) in [6, 6.07) is 13.8. The van der Waals surface area contributed by atoms with Crippen LogP contribution in [-0.4, -0.2) is 45.0 Å². The number of aryl methyl sites for hydroxylation is 1. The van der Waals surface area contributed by atoms with Crippen LogP contribution in [0.25, 0.3) is 10.6 Å². The van der Waals surface area contributed by atoms with Gasteiger partial charge in [0.15, 0.2) is 0 Å². The molecular weight excluding hydrogens is 517 g/mol. The zero-order valence-corrected chi connectivity index (χ0v) is 20.8. The van der Waals surface area contributed by atoms with Crippen molar-refractivity contribution >= 4 is 29.1 Å². The van der Waals surface area contributed by atoms with Crippen molar-refractivity contribution in [3.63, 3.8) is 0 Å². The molecule has 0 aliphatic carbocycles. The van der Waals surface area contributed by atoms with E-state index >= 15 is 0 Å². The summed E-state index contributed by atoms with van der Waals surface area (Å²) in [6.45, 7) is -0.289. The number of carbonyl (C=O) groups is 3. The lowest BCUT2D eigenvalue weighted by atomic mass is 9.99. The fourth-order valence-corrected chi connectivity index (χ4v) is 5.45. The largest absolute Gasteiger partial charge is 0.416 e. The van der Waals surface area contributed by atoms with Crippen LogP contribution in [0.1, 0.15) is 42.2 Å². The molecule has 1 aliphatic rings. The van der Waals surface area contributed by atoms with E-state index < -0.39 is 35.5 Å². The number of benzene rings is 2. The molecule has 0 radical (unpaired) electrons. The molecule has 0 fully saturated rings. The van der Waals surface area contributed by atoms with Crippen LogP contribution in [0.3, 0.4) is 0 Å². The first-order valence-electron chi connectivity index (χ1n) is 11.6. The number of thiophene rings is 1. The van der Waals surface area contributed by atoms with E-state index in [4.69, 9.17) is 0 Å². The lowest BCUT2D eigenvalue weighted by molar-refractivity contribution is -0.138. The molecule has 11 heteroatoms. The van der Waals surface area contributed by atoms with Gasteiger partial charge in [-0.3, -0.25) is 24.0 Å². The minimum absolute atomic E-state index is 0.0530. The highest BCUT2D eigenvalue weighted by Gasteiger charge is 2.38. The van der Waals surface area contributed by atoms with Gasteiger partial charge in [-0.05, 0) is 42.3 Å². The molecule has 7 nitrogen and oxygen atoms in total. The Kier molecular flexibility index (Phi) is 6.62. The number of hydrogen-bond donors (Lipinski definition) is 1. The maximum absolute atomic E-state index is 13.7. The first-order valence-corrected chi connectivity index (χ1v) is 12.5. The summed E-state index contributed by atoms with van der Waals surface area (Å²) in [4.78, 5) is 40.9. The Morgan fingerprint density at radius 2 is 1.68 bits per heavy atom. The van der Waals surface area contributed by atoms with Gasteiger partial charge in [-0.2, -0.15) is 18.3 Å². The highest BCUT2D eigenvalue weighted by Crippen LogP contribution is 2.33. The second-order valence-electron chi connectivity index (χ2n) is 8.84. The molecule has 0 bridgehead atoms. The molecule has 1 N–H and O–H groups in total. The number of amides is 3. The average molecular weight is 539 g/mol. The summed E-state index contributed by atoms with van der Waals surface area (Å²) in [5.74, 6) is -1.63. The van der Waals surface area contributed by atoms with Crippen LogP contribution in [0.5, 0.6) is 0 Å². The molecule has 0 unspecified atom stereocenters. The number of alkyl halides is 3. The second-order valence-corrected chi connectivity index (χ2v) is 9.75. The fraction of sp³-hybridized carbons (Fsp3) is 0.185. The maximum Gasteiger partial charge on any atom is 0.416 e. The van der Waals surface area contributed by atoms with E-state index in [1.165, 1.54) is 41.7 Å². The lowest BCUT2D eigenvalue weighted by Crippen LogP contribution is -2.47. The Morgan fingerprint density at radius 1 is 1.03 bits per heavy atom. The number of nitrogens with one attached hydrogen (secondary N) is 1. The molecular formula is C27H21F3N4O3S. The molecule has 1 atom stereocenters. The molecule has 0 saturated carbocycles. The summed E-state index contributed by atoms with van der Waals surface area (Å²) >= 11 is 1.32. The smallest absolute Gasteiger partial charge is 0.347 e. The third kappa shape index (κ3) is 4.84. The van der Waals surface area contributed by atoms with Crippen LogP contribution in [0.2, 0.25) is 0 Å². The van der Waals surface area contributed by atoms with Crippen LogP contribution in [-0.2, 0) is 19.6 Å². The van der Waals surface area contributed by atoms with Crippen LogP contribution in [0, 0.1) is 0 Å². The fourth-order valence-electron chi connectivity index (χ4n) is 4.50. The predicted molar refractivity (Wildman–Crippen MR) is 135 cm³/mol. The van der Waals surface area contributed by atoms with Crippen molar-refractivity contribution in [3.8, 4) is 10.6 Å². The molecule has 3 heterocycles. The average Bonchev–Trinajstić information content (AvgIpc) is 3.59. The second kappa shape index (κ2) is 9.90. The molecule has 3 amide bonds. The maximum atomic E-state index is 13.7. The number of nitrogens with zero attached hydrogens (tertiary/aromatic N) is 3. The summed E-state index contributed by atoms with van der Waals surface area (Å²) in [5, 5.41) is 8.52. The number of aromatic nitrogens is 2. The van der Waals surface area contributed by atoms with E-state index in [0.29, 0.717) is 5.56 Å². The monoisotopic (exact) mass is 538 g/mol. The third-order valence-corrected chi connectivity index (χ3v) is 7.29. The van der Waals surface area contributed by atoms with Gasteiger partial charge < -0.3 is 5.32 Å². The van der Waals surface area contributed by atoms with Gasteiger partial charge in [0.25, 0.3) is 17.7 Å². The predicted octanol–water partition coefficient (Wildman–Crippen LogP) is 4.80. The molecule has 5 rings (SSSR count). The number of hydrogen-bond acceptors (Lipinski definition) is 5. The van der Waals surface area contributed by atoms with Gasteiger partial charge >= 0.3 is 6.18 Å². The van der Waals surface area contributed by atoms with Gasteiger partial charge in [0.2, 0.25) is 0 Å². The summed E-state index contributed by atoms with van der Waals surface area (Å²) in [5.41, 5.74) is 0.658. The number of carbonyl (C=O) groups excluding carboxylic acids is 3. The van der Waals surface area contributed by atoms with Crippen molar-refractivity contribution in [2.45, 2.75) is 18.6 Å². The molecule has 2 aromatic carbocycles. The van der Waals surface area contributed by atoms with Crippen LogP contribution < -0.4 is 5.32 Å². The Balaban J connectivity index is 1.43. The van der Waals surface area contributed by atoms with E-state index in [0.717, 1.165) is 21.5 Å². The van der Waals surface area contributed by atoms with E-state index in [1.807, 2.05) is 0 Å². The molecule has 194 valence electrons. The molecule has 0 spiro atoms. The van der Waals surface area contributed by atoms with Gasteiger partial charge in [0, 0.05) is 25.2 Å². The number of rotatable bonds is 7. The van der Waals surface area contributed by atoms with Gasteiger partial charge in [-0.15, -0.1) is 11.3 Å². The molecule has 4 aromatic rings. The lowest BCUT2D eigenvalue weighted by Gasteiger charge is -2.25. The highest BCUT2D eigenvalue weighted by atomic mass is 32.1. The Bertz CT molecular complexity index is 1510. The standard InChI is InChI=1S/C27H21F3N4O3S/c1-33-22(10-11-31-33)23-13-17(15-38-23)24(35)32-18(12-16-6-2-5-9-21(16)27(28,29)30)14-34-25(36)19-7-3-4-8-20(19)26(34)37/h2-11,13,15,18H,12,14H2,1H3,(H,32,35)/t18-/m0/s1. The van der Waals surface area contributed by atoms with Crippen LogP contribution >= 0.6 is 11.3 Å². The van der Waals surface area contributed by atoms with Crippen LogP contribution in [0.4, 0.5) is 13.2 Å². The first-order chi connectivity index (χ1) is 18.1. The minimum Gasteiger partial charge on any atom is -0.347 e. The van der Waals surface area contributed by atoms with Crippen molar-refractivity contribution < 1.29 is 27.6 Å². The van der Waals surface area contributed by atoms with Crippen molar-refractivity contribution in [3.05, 3.63) is 100 Å². The summed E-state index contributed by atoms with van der Waals surface area (Å²) in [7, 11) is 1.77. The molecule has 38 heavy (non-hydrogen) atoms. The van der Waals surface area contributed by atoms with E-state index in [1.54, 1.807) is 47.6 Å². The molecule has 0 saturated heterocycles. The SMILES string of the molecule is Cn1nccc1-c1cc(C(=O)N[C@@H](Cc2ccccc2C(F)(F)F)CN2C(=O)c3ccccc3C2=O)cs1. The van der Waals surface area contributed by atoms with Gasteiger partial charge in [-0.1, -0.05) is 30.3 Å². The third-order valence-electron chi connectivity index (χ3n) is 6.34. The Labute approximate surface area is 219 Å². The van der Waals surface area contributed by atoms with E-state index in [2.05, 4.69) is 10.4 Å².